The molecule has 1 aromatic rings. The Morgan fingerprint density at radius 3 is 2.88 bits per heavy atom. The fourth-order valence-corrected chi connectivity index (χ4v) is 1.52. The standard InChI is InChI=1S/C11H18FN3O/c1-8(16-2)3-4-11(15-13)9-5-6-14-7-10(9)12/h5-8,11,15H,3-4,13H2,1-2H3. The number of ether oxygens (including phenoxy) is 1. The Kier molecular flexibility index (Phi) is 5.31. The molecule has 0 bridgehead atoms. The molecule has 0 aromatic carbocycles. The van der Waals surface area contributed by atoms with Crippen LogP contribution in [0.1, 0.15) is 31.4 Å². The Labute approximate surface area is 95.0 Å². The minimum Gasteiger partial charge on any atom is -0.382 e. The summed E-state index contributed by atoms with van der Waals surface area (Å²) in [5.74, 6) is 5.09. The van der Waals surface area contributed by atoms with E-state index in [4.69, 9.17) is 10.6 Å². The van der Waals surface area contributed by atoms with Crippen molar-refractivity contribution in [3.8, 4) is 0 Å². The zero-order valence-electron chi connectivity index (χ0n) is 9.61. The van der Waals surface area contributed by atoms with Crippen LogP contribution in [0.4, 0.5) is 4.39 Å². The topological polar surface area (TPSA) is 60.2 Å². The number of rotatable bonds is 6. The number of nitrogens with one attached hydrogen (secondary N) is 1. The van der Waals surface area contributed by atoms with Gasteiger partial charge in [-0.1, -0.05) is 0 Å². The first kappa shape index (κ1) is 13.0. The van der Waals surface area contributed by atoms with E-state index in [0.717, 1.165) is 6.42 Å². The first-order chi connectivity index (χ1) is 7.69. The molecule has 0 aliphatic heterocycles. The summed E-state index contributed by atoms with van der Waals surface area (Å²) in [7, 11) is 1.66. The van der Waals surface area contributed by atoms with E-state index in [1.54, 1.807) is 19.4 Å². The highest BCUT2D eigenvalue weighted by molar-refractivity contribution is 5.17. The minimum atomic E-state index is -0.337. The number of halogens is 1. The summed E-state index contributed by atoms with van der Waals surface area (Å²) < 4.78 is 18.6. The third-order valence-electron chi connectivity index (χ3n) is 2.64. The Hall–Kier alpha value is -1.04. The van der Waals surface area contributed by atoms with Crippen molar-refractivity contribution in [3.05, 3.63) is 29.8 Å². The Morgan fingerprint density at radius 2 is 2.31 bits per heavy atom. The van der Waals surface area contributed by atoms with Crippen LogP contribution in [-0.2, 0) is 4.74 Å². The van der Waals surface area contributed by atoms with Gasteiger partial charge in [0.2, 0.25) is 0 Å². The lowest BCUT2D eigenvalue weighted by Crippen LogP contribution is -2.29. The van der Waals surface area contributed by atoms with Gasteiger partial charge in [-0.3, -0.25) is 16.3 Å². The first-order valence-corrected chi connectivity index (χ1v) is 5.27. The normalized spacial score (nSPS) is 14.8. The van der Waals surface area contributed by atoms with Gasteiger partial charge in [-0.05, 0) is 25.8 Å². The number of hydrazine groups is 1. The van der Waals surface area contributed by atoms with Crippen molar-refractivity contribution in [2.24, 2.45) is 5.84 Å². The van der Waals surface area contributed by atoms with Crippen molar-refractivity contribution >= 4 is 0 Å². The number of nitrogens with two attached hydrogens (primary N) is 1. The van der Waals surface area contributed by atoms with Crippen molar-refractivity contribution in [2.45, 2.75) is 31.9 Å². The number of aromatic nitrogens is 1. The fraction of sp³-hybridized carbons (Fsp3) is 0.545. The van der Waals surface area contributed by atoms with Crippen LogP contribution in [0.25, 0.3) is 0 Å². The van der Waals surface area contributed by atoms with Crippen LogP contribution in [-0.4, -0.2) is 18.2 Å². The maximum absolute atomic E-state index is 13.4. The molecule has 0 aliphatic carbocycles. The predicted molar refractivity (Wildman–Crippen MR) is 60.0 cm³/mol. The number of pyridine rings is 1. The van der Waals surface area contributed by atoms with E-state index in [9.17, 15) is 4.39 Å². The Balaban J connectivity index is 2.64. The summed E-state index contributed by atoms with van der Waals surface area (Å²) in [4.78, 5) is 3.70. The van der Waals surface area contributed by atoms with Gasteiger partial charge < -0.3 is 4.74 Å². The average Bonchev–Trinajstić information content (AvgIpc) is 2.31. The zero-order chi connectivity index (χ0) is 12.0. The Bertz CT molecular complexity index is 322. The van der Waals surface area contributed by atoms with Gasteiger partial charge in [-0.25, -0.2) is 4.39 Å². The van der Waals surface area contributed by atoms with Crippen LogP contribution in [0, 0.1) is 5.82 Å². The van der Waals surface area contributed by atoms with Gasteiger partial charge in [-0.15, -0.1) is 0 Å². The quantitative estimate of drug-likeness (QED) is 0.571. The molecule has 1 heterocycles. The summed E-state index contributed by atoms with van der Waals surface area (Å²) in [5, 5.41) is 0. The van der Waals surface area contributed by atoms with Crippen molar-refractivity contribution in [2.75, 3.05) is 7.11 Å². The van der Waals surface area contributed by atoms with Crippen LogP contribution in [0.3, 0.4) is 0 Å². The summed E-state index contributed by atoms with van der Waals surface area (Å²) in [5.41, 5.74) is 3.16. The molecule has 16 heavy (non-hydrogen) atoms. The predicted octanol–water partition coefficient (Wildman–Crippen LogP) is 1.54. The summed E-state index contributed by atoms with van der Waals surface area (Å²) in [6.07, 6.45) is 4.42. The molecule has 0 spiro atoms. The second-order valence-electron chi connectivity index (χ2n) is 3.74. The number of nitrogens with zero attached hydrogens (tertiary/aromatic N) is 1. The highest BCUT2D eigenvalue weighted by atomic mass is 19.1. The van der Waals surface area contributed by atoms with E-state index >= 15 is 0 Å². The second-order valence-corrected chi connectivity index (χ2v) is 3.74. The van der Waals surface area contributed by atoms with Crippen LogP contribution >= 0.6 is 0 Å². The number of hydrogen-bond acceptors (Lipinski definition) is 4. The summed E-state index contributed by atoms with van der Waals surface area (Å²) >= 11 is 0. The SMILES string of the molecule is COC(C)CCC(NN)c1ccncc1F. The molecule has 0 fully saturated rings. The fourth-order valence-electron chi connectivity index (χ4n) is 1.52. The first-order valence-electron chi connectivity index (χ1n) is 5.27. The highest BCUT2D eigenvalue weighted by Crippen LogP contribution is 2.21. The maximum Gasteiger partial charge on any atom is 0.146 e. The highest BCUT2D eigenvalue weighted by Gasteiger charge is 2.15. The van der Waals surface area contributed by atoms with Gasteiger partial charge in [0.15, 0.2) is 0 Å². The molecule has 2 unspecified atom stereocenters. The van der Waals surface area contributed by atoms with Crippen LogP contribution in [0.2, 0.25) is 0 Å². The van der Waals surface area contributed by atoms with E-state index < -0.39 is 0 Å². The van der Waals surface area contributed by atoms with Crippen molar-refractivity contribution in [1.29, 1.82) is 0 Å². The minimum absolute atomic E-state index is 0.140. The zero-order valence-corrected chi connectivity index (χ0v) is 9.61. The van der Waals surface area contributed by atoms with E-state index in [-0.39, 0.29) is 18.0 Å². The van der Waals surface area contributed by atoms with Gasteiger partial charge >= 0.3 is 0 Å². The molecule has 1 rings (SSSR count). The third kappa shape index (κ3) is 3.52. The molecule has 4 nitrogen and oxygen atoms in total. The van der Waals surface area contributed by atoms with Crippen LogP contribution < -0.4 is 11.3 Å². The van der Waals surface area contributed by atoms with Gasteiger partial charge in [0.1, 0.15) is 5.82 Å². The lowest BCUT2D eigenvalue weighted by molar-refractivity contribution is 0.106. The molecule has 0 radical (unpaired) electrons. The lowest BCUT2D eigenvalue weighted by atomic mass is 10.0. The number of hydrogen-bond donors (Lipinski definition) is 2. The van der Waals surface area contributed by atoms with Crippen molar-refractivity contribution < 1.29 is 9.13 Å². The molecule has 0 aliphatic rings. The third-order valence-corrected chi connectivity index (χ3v) is 2.64. The average molecular weight is 227 g/mol. The molecular weight excluding hydrogens is 209 g/mol. The van der Waals surface area contributed by atoms with Crippen LogP contribution in [0.15, 0.2) is 18.5 Å². The lowest BCUT2D eigenvalue weighted by Gasteiger charge is -2.18. The Morgan fingerprint density at radius 1 is 1.56 bits per heavy atom. The van der Waals surface area contributed by atoms with Gasteiger partial charge in [-0.2, -0.15) is 0 Å². The van der Waals surface area contributed by atoms with E-state index in [0.29, 0.717) is 12.0 Å². The van der Waals surface area contributed by atoms with E-state index in [1.807, 2.05) is 6.92 Å². The number of methoxy groups -OCH3 is 1. The van der Waals surface area contributed by atoms with Crippen LogP contribution in [0.5, 0.6) is 0 Å². The molecule has 0 saturated heterocycles. The van der Waals surface area contributed by atoms with Gasteiger partial charge in [0.25, 0.3) is 0 Å². The smallest absolute Gasteiger partial charge is 0.146 e. The van der Waals surface area contributed by atoms with Crippen molar-refractivity contribution in [1.82, 2.24) is 10.4 Å². The van der Waals surface area contributed by atoms with E-state index in [2.05, 4.69) is 10.4 Å². The monoisotopic (exact) mass is 227 g/mol. The molecular formula is C11H18FN3O. The molecule has 0 amide bonds. The van der Waals surface area contributed by atoms with E-state index in [1.165, 1.54) is 6.20 Å². The molecule has 5 heteroatoms. The molecule has 2 atom stereocenters. The summed E-state index contributed by atoms with van der Waals surface area (Å²) in [6, 6.07) is 1.43. The van der Waals surface area contributed by atoms with Gasteiger partial charge in [0, 0.05) is 24.9 Å². The molecule has 1 aromatic heterocycles. The van der Waals surface area contributed by atoms with Crippen molar-refractivity contribution in [3.63, 3.8) is 0 Å². The summed E-state index contributed by atoms with van der Waals surface area (Å²) in [6.45, 7) is 1.97. The molecule has 3 N–H and O–H groups in total. The second kappa shape index (κ2) is 6.52. The molecule has 90 valence electrons. The maximum atomic E-state index is 13.4. The largest absolute Gasteiger partial charge is 0.382 e. The molecule has 0 saturated carbocycles. The van der Waals surface area contributed by atoms with Gasteiger partial charge in [0.05, 0.1) is 12.3 Å².